The lowest BCUT2D eigenvalue weighted by atomic mass is 9.95. The van der Waals surface area contributed by atoms with Crippen LogP contribution in [0.4, 0.5) is 24.5 Å². The highest BCUT2D eigenvalue weighted by Crippen LogP contribution is 2.41. The van der Waals surface area contributed by atoms with Gasteiger partial charge in [0.1, 0.15) is 0 Å². The summed E-state index contributed by atoms with van der Waals surface area (Å²) in [6, 6.07) is 5.66. The van der Waals surface area contributed by atoms with Gasteiger partial charge in [-0.25, -0.2) is 9.50 Å². The summed E-state index contributed by atoms with van der Waals surface area (Å²) in [6.45, 7) is 2.79. The number of aromatic nitrogens is 3. The maximum Gasteiger partial charge on any atom is 0.413 e. The summed E-state index contributed by atoms with van der Waals surface area (Å²) in [4.78, 5) is 31.5. The number of carbonyl (C=O) groups excluding carboxylic acids is 2. The molecule has 2 aliphatic rings. The van der Waals surface area contributed by atoms with Crippen LogP contribution in [-0.4, -0.2) is 57.6 Å². The zero-order valence-corrected chi connectivity index (χ0v) is 21.1. The number of halogens is 4. The maximum absolute atomic E-state index is 14.2. The lowest BCUT2D eigenvalue weighted by Gasteiger charge is -2.35. The van der Waals surface area contributed by atoms with E-state index in [1.54, 1.807) is 28.9 Å². The molecule has 8 nitrogen and oxygen atoms in total. The van der Waals surface area contributed by atoms with Gasteiger partial charge in [-0.05, 0) is 30.5 Å². The van der Waals surface area contributed by atoms with E-state index < -0.39 is 24.0 Å². The number of nitrogens with one attached hydrogen (secondary N) is 1. The van der Waals surface area contributed by atoms with Gasteiger partial charge in [-0.2, -0.15) is 18.3 Å². The molecule has 37 heavy (non-hydrogen) atoms. The first-order valence-corrected chi connectivity index (χ1v) is 12.4. The number of anilines is 2. The van der Waals surface area contributed by atoms with E-state index in [0.29, 0.717) is 23.0 Å². The van der Waals surface area contributed by atoms with Crippen molar-refractivity contribution in [3.05, 3.63) is 52.9 Å². The second-order valence-corrected chi connectivity index (χ2v) is 10.0. The monoisotopic (exact) mass is 534 g/mol. The SMILES string of the molecule is C[C@@H]1CCN(c2ccc([C@H](N(C)C(=O)[C@@H]3CCC(=O)NC3)C(F)(F)F)cc2)c2cnc3cc(Cl)nn3c21. The minimum absolute atomic E-state index is 0.0371. The van der Waals surface area contributed by atoms with Crippen LogP contribution in [0.25, 0.3) is 5.65 Å². The van der Waals surface area contributed by atoms with Crippen molar-refractivity contribution in [2.45, 2.75) is 44.3 Å². The Hall–Kier alpha value is -3.34. The number of hydrogen-bond acceptors (Lipinski definition) is 5. The topological polar surface area (TPSA) is 82.8 Å². The fourth-order valence-electron chi connectivity index (χ4n) is 5.26. The number of nitrogens with zero attached hydrogens (tertiary/aromatic N) is 5. The van der Waals surface area contributed by atoms with Gasteiger partial charge in [0.25, 0.3) is 0 Å². The first-order chi connectivity index (χ1) is 17.5. The van der Waals surface area contributed by atoms with E-state index in [2.05, 4.69) is 22.3 Å². The summed E-state index contributed by atoms with van der Waals surface area (Å²) >= 11 is 6.09. The van der Waals surface area contributed by atoms with Crippen LogP contribution in [0.1, 0.15) is 49.4 Å². The molecule has 12 heteroatoms. The Bertz CT molecular complexity index is 1330. The average Bonchev–Trinajstić information content (AvgIpc) is 3.24. The van der Waals surface area contributed by atoms with Crippen LogP contribution in [0.15, 0.2) is 36.5 Å². The van der Waals surface area contributed by atoms with Crippen molar-refractivity contribution in [3.8, 4) is 0 Å². The molecule has 0 radical (unpaired) electrons. The molecule has 196 valence electrons. The first-order valence-electron chi connectivity index (χ1n) is 12.1. The molecule has 0 aliphatic carbocycles. The number of carbonyl (C=O) groups is 2. The van der Waals surface area contributed by atoms with Gasteiger partial charge in [-0.1, -0.05) is 30.7 Å². The Balaban J connectivity index is 1.44. The Kier molecular flexibility index (Phi) is 6.51. The highest BCUT2D eigenvalue weighted by molar-refractivity contribution is 6.29. The van der Waals surface area contributed by atoms with E-state index in [-0.39, 0.29) is 36.8 Å². The zero-order chi connectivity index (χ0) is 26.5. The van der Waals surface area contributed by atoms with Gasteiger partial charge < -0.3 is 15.1 Å². The minimum Gasteiger partial charge on any atom is -0.355 e. The Morgan fingerprint density at radius 2 is 1.97 bits per heavy atom. The van der Waals surface area contributed by atoms with Crippen LogP contribution < -0.4 is 10.2 Å². The number of benzene rings is 1. The van der Waals surface area contributed by atoms with Crippen LogP contribution >= 0.6 is 11.6 Å². The molecular formula is C25H26ClF3N6O2. The molecule has 1 N–H and O–H groups in total. The minimum atomic E-state index is -4.67. The Morgan fingerprint density at radius 3 is 2.62 bits per heavy atom. The summed E-state index contributed by atoms with van der Waals surface area (Å²) in [5.74, 6) is -1.34. The Morgan fingerprint density at radius 1 is 1.24 bits per heavy atom. The van der Waals surface area contributed by atoms with Crippen LogP contribution in [0.3, 0.4) is 0 Å². The number of amides is 2. The van der Waals surface area contributed by atoms with E-state index in [9.17, 15) is 22.8 Å². The molecule has 2 aliphatic heterocycles. The number of rotatable bonds is 4. The smallest absolute Gasteiger partial charge is 0.355 e. The predicted molar refractivity (Wildman–Crippen MR) is 132 cm³/mol. The Labute approximate surface area is 216 Å². The van der Waals surface area contributed by atoms with Crippen LogP contribution in [0.5, 0.6) is 0 Å². The molecule has 5 rings (SSSR count). The van der Waals surface area contributed by atoms with Gasteiger partial charge in [-0.3, -0.25) is 9.59 Å². The molecule has 0 saturated carbocycles. The second-order valence-electron chi connectivity index (χ2n) is 9.63. The standard InChI is InChI=1S/C25H26ClF3N6O2/c1-14-9-10-34(18-13-30-20-11-19(26)32-35(20)22(14)18)17-6-3-15(4-7-17)23(25(27,28)29)33(2)24(37)16-5-8-21(36)31-12-16/h3-4,6-7,11,13-14,16,23H,5,8-10,12H2,1-2H3,(H,31,36)/t14-,16-,23+/m1/s1. The fraction of sp³-hybridized carbons (Fsp3) is 0.440. The summed E-state index contributed by atoms with van der Waals surface area (Å²) in [6.07, 6.45) is -1.77. The van der Waals surface area contributed by atoms with Crippen molar-refractivity contribution in [1.29, 1.82) is 0 Å². The highest BCUT2D eigenvalue weighted by atomic mass is 35.5. The molecule has 2 aromatic heterocycles. The van der Waals surface area contributed by atoms with Crippen molar-refractivity contribution >= 4 is 40.4 Å². The lowest BCUT2D eigenvalue weighted by Crippen LogP contribution is -2.47. The largest absolute Gasteiger partial charge is 0.413 e. The number of hydrogen-bond donors (Lipinski definition) is 1. The van der Waals surface area contributed by atoms with Crippen LogP contribution in [0.2, 0.25) is 5.15 Å². The van der Waals surface area contributed by atoms with Gasteiger partial charge in [-0.15, -0.1) is 0 Å². The van der Waals surface area contributed by atoms with E-state index in [0.717, 1.165) is 22.7 Å². The van der Waals surface area contributed by atoms with Gasteiger partial charge in [0.2, 0.25) is 11.8 Å². The van der Waals surface area contributed by atoms with Gasteiger partial charge in [0.15, 0.2) is 16.8 Å². The van der Waals surface area contributed by atoms with E-state index in [1.165, 1.54) is 19.2 Å². The molecule has 1 fully saturated rings. The van der Waals surface area contributed by atoms with Crippen LogP contribution in [0, 0.1) is 5.92 Å². The predicted octanol–water partition coefficient (Wildman–Crippen LogP) is 4.62. The summed E-state index contributed by atoms with van der Waals surface area (Å²) in [7, 11) is 1.17. The van der Waals surface area contributed by atoms with E-state index in [1.807, 2.05) is 4.90 Å². The zero-order valence-electron chi connectivity index (χ0n) is 20.3. The van der Waals surface area contributed by atoms with Crippen molar-refractivity contribution in [2.24, 2.45) is 5.92 Å². The number of piperidine rings is 1. The second kappa shape index (κ2) is 9.51. The maximum atomic E-state index is 14.2. The third-order valence-electron chi connectivity index (χ3n) is 7.19. The quantitative estimate of drug-likeness (QED) is 0.528. The van der Waals surface area contributed by atoms with Crippen molar-refractivity contribution < 1.29 is 22.8 Å². The summed E-state index contributed by atoms with van der Waals surface area (Å²) < 4.78 is 44.3. The molecule has 0 bridgehead atoms. The molecule has 1 saturated heterocycles. The number of alkyl halides is 3. The number of fused-ring (bicyclic) bond motifs is 3. The molecule has 0 unspecified atom stereocenters. The molecular weight excluding hydrogens is 509 g/mol. The fourth-order valence-corrected chi connectivity index (χ4v) is 5.43. The lowest BCUT2D eigenvalue weighted by molar-refractivity contribution is -0.190. The third kappa shape index (κ3) is 4.72. The van der Waals surface area contributed by atoms with Crippen molar-refractivity contribution in [3.63, 3.8) is 0 Å². The van der Waals surface area contributed by atoms with Crippen molar-refractivity contribution in [1.82, 2.24) is 24.8 Å². The third-order valence-corrected chi connectivity index (χ3v) is 7.38. The van der Waals surface area contributed by atoms with Gasteiger partial charge in [0, 0.05) is 44.2 Å². The van der Waals surface area contributed by atoms with E-state index in [4.69, 9.17) is 11.6 Å². The first kappa shape index (κ1) is 25.3. The summed E-state index contributed by atoms with van der Waals surface area (Å²) in [5.41, 5.74) is 3.06. The molecule has 0 spiro atoms. The van der Waals surface area contributed by atoms with Gasteiger partial charge in [0.05, 0.1) is 23.5 Å². The molecule has 4 heterocycles. The van der Waals surface area contributed by atoms with Gasteiger partial charge >= 0.3 is 6.18 Å². The van der Waals surface area contributed by atoms with Crippen LogP contribution in [-0.2, 0) is 9.59 Å². The molecule has 1 aromatic carbocycles. The van der Waals surface area contributed by atoms with Crippen molar-refractivity contribution in [2.75, 3.05) is 25.0 Å². The molecule has 3 aromatic rings. The summed E-state index contributed by atoms with van der Waals surface area (Å²) in [5, 5.41) is 7.25. The normalized spacial score (nSPS) is 20.9. The molecule has 2 amide bonds. The van der Waals surface area contributed by atoms with E-state index >= 15 is 0 Å². The average molecular weight is 535 g/mol. The molecule has 3 atom stereocenters. The highest BCUT2D eigenvalue weighted by Gasteiger charge is 2.46.